The third-order valence-corrected chi connectivity index (χ3v) is 5.36. The maximum atomic E-state index is 12.7. The van der Waals surface area contributed by atoms with Crippen molar-refractivity contribution in [1.82, 2.24) is 9.47 Å². The number of rotatable bonds is 4. The first-order valence-corrected chi connectivity index (χ1v) is 9.33. The van der Waals surface area contributed by atoms with E-state index in [9.17, 15) is 19.6 Å². The normalized spacial score (nSPS) is 14.3. The van der Waals surface area contributed by atoms with E-state index in [1.54, 1.807) is 7.05 Å². The van der Waals surface area contributed by atoms with Crippen LogP contribution in [0.5, 0.6) is 0 Å². The van der Waals surface area contributed by atoms with Crippen LogP contribution in [0, 0.1) is 11.3 Å². The number of hydrogen-bond donors (Lipinski definition) is 0. The number of carbonyl (C=O) groups excluding carboxylic acids is 2. The predicted molar refractivity (Wildman–Crippen MR) is 111 cm³/mol. The largest absolute Gasteiger partial charge is 0.370 e. The zero-order valence-corrected chi connectivity index (χ0v) is 16.3. The number of nitrogens with zero attached hydrogens (tertiary/aromatic N) is 4. The van der Waals surface area contributed by atoms with E-state index in [4.69, 9.17) is 0 Å². The molecule has 0 radical (unpaired) electrons. The minimum absolute atomic E-state index is 0.103. The second-order valence-corrected chi connectivity index (χ2v) is 6.89. The molecule has 1 aliphatic heterocycles. The lowest BCUT2D eigenvalue weighted by Gasteiger charge is -2.38. The Labute approximate surface area is 168 Å². The Bertz CT molecular complexity index is 1080. The molecular formula is C22H22N4O3. The van der Waals surface area contributed by atoms with Crippen LogP contribution in [0.1, 0.15) is 18.4 Å². The van der Waals surface area contributed by atoms with Crippen LogP contribution in [0.4, 0.5) is 5.69 Å². The first-order valence-electron chi connectivity index (χ1n) is 9.33. The van der Waals surface area contributed by atoms with Crippen molar-refractivity contribution in [3.8, 4) is 6.07 Å². The molecule has 0 saturated carbocycles. The molecule has 7 nitrogen and oxygen atoms in total. The summed E-state index contributed by atoms with van der Waals surface area (Å²) in [6.45, 7) is 7.94. The summed E-state index contributed by atoms with van der Waals surface area (Å²) in [6, 6.07) is 9.24. The number of hydrogen-bond acceptors (Lipinski definition) is 5. The van der Waals surface area contributed by atoms with E-state index >= 15 is 0 Å². The van der Waals surface area contributed by atoms with Crippen LogP contribution in [0.15, 0.2) is 54.4 Å². The number of para-hydroxylation sites is 1. The lowest BCUT2D eigenvalue weighted by molar-refractivity contribution is -0.141. The number of aryl methyl sites for hydroxylation is 1. The fraction of sp³-hybridized carbons (Fsp3) is 0.273. The van der Waals surface area contributed by atoms with Crippen LogP contribution in [0.25, 0.3) is 10.9 Å². The molecule has 7 heteroatoms. The summed E-state index contributed by atoms with van der Waals surface area (Å²) >= 11 is 0. The molecule has 1 aromatic carbocycles. The number of carbonyl (C=O) groups is 2. The second kappa shape index (κ2) is 8.15. The maximum Gasteiger partial charge on any atom is 0.270 e. The Morgan fingerprint density at radius 2 is 1.76 bits per heavy atom. The molecule has 0 unspecified atom stereocenters. The summed E-state index contributed by atoms with van der Waals surface area (Å²) in [7, 11) is 1.65. The lowest BCUT2D eigenvalue weighted by atomic mass is 9.99. The van der Waals surface area contributed by atoms with Gasteiger partial charge in [-0.05, 0) is 31.1 Å². The minimum Gasteiger partial charge on any atom is -0.370 e. The number of piperidine rings is 1. The Morgan fingerprint density at radius 3 is 2.31 bits per heavy atom. The number of amides is 2. The van der Waals surface area contributed by atoms with Gasteiger partial charge in [-0.25, -0.2) is 0 Å². The summed E-state index contributed by atoms with van der Waals surface area (Å²) in [4.78, 5) is 40.2. The van der Waals surface area contributed by atoms with E-state index in [1.165, 1.54) is 9.47 Å². The van der Waals surface area contributed by atoms with E-state index in [1.807, 2.05) is 29.2 Å². The summed E-state index contributed by atoms with van der Waals surface area (Å²) in [5.41, 5.74) is 1.12. The van der Waals surface area contributed by atoms with Gasteiger partial charge in [-0.2, -0.15) is 5.26 Å². The molecule has 1 fully saturated rings. The maximum absolute atomic E-state index is 12.7. The van der Waals surface area contributed by atoms with Crippen LogP contribution in [0.3, 0.4) is 0 Å². The standard InChI is InChI=1S/C22H22N4O3/c1-4-19(27)26(20(28)5-2)15-10-12-25(13-11-15)21-16-8-6-7-9-18(16)24(3)22(29)17(21)14-23/h4-9,15H,1-2,10-13H2,3H3. The average molecular weight is 390 g/mol. The van der Waals surface area contributed by atoms with Crippen LogP contribution in [0.2, 0.25) is 0 Å². The van der Waals surface area contributed by atoms with Gasteiger partial charge in [-0.1, -0.05) is 31.4 Å². The van der Waals surface area contributed by atoms with Gasteiger partial charge in [-0.15, -0.1) is 0 Å². The molecule has 0 spiro atoms. The van der Waals surface area contributed by atoms with Crippen molar-refractivity contribution in [1.29, 1.82) is 5.26 Å². The first-order chi connectivity index (χ1) is 13.9. The molecule has 29 heavy (non-hydrogen) atoms. The zero-order valence-electron chi connectivity index (χ0n) is 16.3. The molecule has 1 saturated heterocycles. The fourth-order valence-corrected chi connectivity index (χ4v) is 3.92. The molecule has 3 rings (SSSR count). The van der Waals surface area contributed by atoms with Gasteiger partial charge in [0.25, 0.3) is 17.4 Å². The molecular weight excluding hydrogens is 368 g/mol. The van der Waals surface area contributed by atoms with Gasteiger partial charge in [0.2, 0.25) is 0 Å². The summed E-state index contributed by atoms with van der Waals surface area (Å²) in [5.74, 6) is -0.907. The van der Waals surface area contributed by atoms with E-state index < -0.39 is 11.8 Å². The van der Waals surface area contributed by atoms with Crippen molar-refractivity contribution < 1.29 is 9.59 Å². The van der Waals surface area contributed by atoms with Crippen molar-refractivity contribution in [2.75, 3.05) is 18.0 Å². The molecule has 2 heterocycles. The van der Waals surface area contributed by atoms with Crippen LogP contribution in [-0.2, 0) is 16.6 Å². The van der Waals surface area contributed by atoms with E-state index in [0.717, 1.165) is 23.1 Å². The highest BCUT2D eigenvalue weighted by atomic mass is 16.2. The quantitative estimate of drug-likeness (QED) is 0.747. The highest BCUT2D eigenvalue weighted by Gasteiger charge is 2.32. The van der Waals surface area contributed by atoms with Gasteiger partial charge in [0.05, 0.1) is 11.2 Å². The van der Waals surface area contributed by atoms with Crippen LogP contribution in [-0.4, -0.2) is 40.4 Å². The second-order valence-electron chi connectivity index (χ2n) is 6.89. The van der Waals surface area contributed by atoms with E-state index in [-0.39, 0.29) is 17.2 Å². The van der Waals surface area contributed by atoms with Gasteiger partial charge in [-0.3, -0.25) is 19.3 Å². The molecule has 0 aliphatic carbocycles. The van der Waals surface area contributed by atoms with Crippen molar-refractivity contribution in [2.24, 2.45) is 7.05 Å². The molecule has 0 bridgehead atoms. The van der Waals surface area contributed by atoms with Gasteiger partial charge < -0.3 is 9.47 Å². The molecule has 0 atom stereocenters. The smallest absolute Gasteiger partial charge is 0.270 e. The molecule has 148 valence electrons. The average Bonchev–Trinajstić information content (AvgIpc) is 2.76. The van der Waals surface area contributed by atoms with Gasteiger partial charge in [0.1, 0.15) is 11.6 Å². The Hall–Kier alpha value is -3.66. The van der Waals surface area contributed by atoms with Gasteiger partial charge >= 0.3 is 0 Å². The van der Waals surface area contributed by atoms with Crippen molar-refractivity contribution in [3.05, 3.63) is 65.5 Å². The lowest BCUT2D eigenvalue weighted by Crippen LogP contribution is -2.49. The van der Waals surface area contributed by atoms with Crippen molar-refractivity contribution in [2.45, 2.75) is 18.9 Å². The summed E-state index contributed by atoms with van der Waals surface area (Å²) in [5, 5.41) is 10.5. The summed E-state index contributed by atoms with van der Waals surface area (Å²) < 4.78 is 1.48. The van der Waals surface area contributed by atoms with Gasteiger partial charge in [0.15, 0.2) is 0 Å². The number of imide groups is 1. The molecule has 1 aromatic heterocycles. The zero-order chi connectivity index (χ0) is 21.1. The number of aromatic nitrogens is 1. The number of pyridine rings is 1. The van der Waals surface area contributed by atoms with E-state index in [2.05, 4.69) is 19.2 Å². The summed E-state index contributed by atoms with van der Waals surface area (Å²) in [6.07, 6.45) is 3.28. The number of benzene rings is 1. The Balaban J connectivity index is 1.98. The number of nitriles is 1. The molecule has 2 amide bonds. The number of anilines is 1. The Morgan fingerprint density at radius 1 is 1.17 bits per heavy atom. The SMILES string of the molecule is C=CC(=O)N(C(=O)C=C)C1CCN(c2c(C#N)c(=O)n(C)c3ccccc23)CC1. The first kappa shape index (κ1) is 20.1. The topological polar surface area (TPSA) is 86.4 Å². The number of fused-ring (bicyclic) bond motifs is 1. The Kier molecular flexibility index (Phi) is 5.64. The highest BCUT2D eigenvalue weighted by Crippen LogP contribution is 2.31. The molecule has 2 aromatic rings. The molecule has 0 N–H and O–H groups in total. The van der Waals surface area contributed by atoms with Crippen molar-refractivity contribution >= 4 is 28.4 Å². The minimum atomic E-state index is -0.454. The van der Waals surface area contributed by atoms with Crippen LogP contribution < -0.4 is 10.5 Å². The monoisotopic (exact) mass is 390 g/mol. The predicted octanol–water partition coefficient (Wildman–Crippen LogP) is 2.11. The van der Waals surface area contributed by atoms with Crippen molar-refractivity contribution in [3.63, 3.8) is 0 Å². The van der Waals surface area contributed by atoms with E-state index in [0.29, 0.717) is 31.6 Å². The third kappa shape index (κ3) is 3.45. The van der Waals surface area contributed by atoms with Gasteiger partial charge in [0, 0.05) is 31.6 Å². The third-order valence-electron chi connectivity index (χ3n) is 5.36. The molecule has 1 aliphatic rings. The van der Waals surface area contributed by atoms with Crippen LogP contribution >= 0.6 is 0 Å². The fourth-order valence-electron chi connectivity index (χ4n) is 3.92. The highest BCUT2D eigenvalue weighted by molar-refractivity contribution is 6.05.